The number of hydrogen-bond donors (Lipinski definition) is 1. The van der Waals surface area contributed by atoms with E-state index in [1.165, 1.54) is 6.07 Å². The highest BCUT2D eigenvalue weighted by Gasteiger charge is 2.30. The van der Waals surface area contributed by atoms with Crippen molar-refractivity contribution < 1.29 is 14.1 Å². The number of rotatable bonds is 4. The molecule has 0 saturated heterocycles. The molecule has 0 radical (unpaired) electrons. The summed E-state index contributed by atoms with van der Waals surface area (Å²) in [6, 6.07) is 13.6. The SMILES string of the molecule is Cc1oc(-c2ccccc2[N+](=O)[O-])cc1C(=O)Nc1ccc2c(c1)N1CCN=C1S2. The molecule has 8 nitrogen and oxygen atoms in total. The van der Waals surface area contributed by atoms with Crippen LogP contribution in [0, 0.1) is 17.0 Å². The summed E-state index contributed by atoms with van der Waals surface area (Å²) >= 11 is 1.63. The van der Waals surface area contributed by atoms with Crippen LogP contribution in [-0.4, -0.2) is 29.1 Å². The van der Waals surface area contributed by atoms with Gasteiger partial charge in [0.2, 0.25) is 0 Å². The lowest BCUT2D eigenvalue weighted by Crippen LogP contribution is -2.21. The highest BCUT2D eigenvalue weighted by molar-refractivity contribution is 8.14. The Kier molecular flexibility index (Phi) is 4.32. The number of furan rings is 1. The molecule has 1 amide bonds. The number of amidine groups is 1. The quantitative estimate of drug-likeness (QED) is 0.485. The number of nitro benzene ring substituents is 1. The lowest BCUT2D eigenvalue weighted by molar-refractivity contribution is -0.384. The second-order valence-corrected chi connectivity index (χ2v) is 7.92. The van der Waals surface area contributed by atoms with Gasteiger partial charge in [-0.25, -0.2) is 0 Å². The molecule has 150 valence electrons. The van der Waals surface area contributed by atoms with E-state index in [-0.39, 0.29) is 17.4 Å². The molecular weight excluding hydrogens is 404 g/mol. The molecular formula is C21H16N4O4S. The second-order valence-electron chi connectivity index (χ2n) is 6.91. The van der Waals surface area contributed by atoms with Crippen molar-refractivity contribution in [3.05, 3.63) is 70.0 Å². The molecule has 0 atom stereocenters. The Morgan fingerprint density at radius 2 is 2.10 bits per heavy atom. The van der Waals surface area contributed by atoms with Gasteiger partial charge < -0.3 is 14.6 Å². The maximum absolute atomic E-state index is 12.9. The first-order valence-corrected chi connectivity index (χ1v) is 10.1. The number of carbonyl (C=O) groups excluding carboxylic acids is 1. The van der Waals surface area contributed by atoms with E-state index >= 15 is 0 Å². The van der Waals surface area contributed by atoms with Crippen molar-refractivity contribution in [2.45, 2.75) is 11.8 Å². The van der Waals surface area contributed by atoms with Gasteiger partial charge in [0, 0.05) is 23.2 Å². The first-order chi connectivity index (χ1) is 14.5. The number of nitrogens with one attached hydrogen (secondary N) is 1. The van der Waals surface area contributed by atoms with E-state index in [0.717, 1.165) is 28.8 Å². The molecule has 0 fully saturated rings. The Labute approximate surface area is 175 Å². The molecule has 2 aliphatic heterocycles. The Morgan fingerprint density at radius 3 is 2.93 bits per heavy atom. The van der Waals surface area contributed by atoms with Gasteiger partial charge in [-0.15, -0.1) is 0 Å². The van der Waals surface area contributed by atoms with Crippen LogP contribution in [0.1, 0.15) is 16.1 Å². The van der Waals surface area contributed by atoms with Crippen molar-refractivity contribution in [1.82, 2.24) is 0 Å². The fraction of sp³-hybridized carbons (Fsp3) is 0.143. The van der Waals surface area contributed by atoms with Gasteiger partial charge in [-0.3, -0.25) is 19.9 Å². The van der Waals surface area contributed by atoms with Gasteiger partial charge >= 0.3 is 0 Å². The monoisotopic (exact) mass is 420 g/mol. The standard InChI is InChI=1S/C21H16N4O4S/c1-12-15(11-18(29-12)14-4-2-3-5-16(14)25(27)28)20(26)23-13-6-7-19-17(10-13)24-9-8-22-21(24)30-19/h2-7,10-11H,8-9H2,1H3,(H,23,26). The number of para-hydroxylation sites is 1. The molecule has 0 saturated carbocycles. The molecule has 0 unspecified atom stereocenters. The van der Waals surface area contributed by atoms with Gasteiger partial charge in [0.25, 0.3) is 11.6 Å². The summed E-state index contributed by atoms with van der Waals surface area (Å²) in [4.78, 5) is 31.4. The van der Waals surface area contributed by atoms with Gasteiger partial charge in [-0.05, 0) is 49.0 Å². The van der Waals surface area contributed by atoms with Crippen molar-refractivity contribution in [3.63, 3.8) is 0 Å². The Hall–Kier alpha value is -3.59. The third kappa shape index (κ3) is 3.03. The van der Waals surface area contributed by atoms with Crippen LogP contribution in [-0.2, 0) is 0 Å². The lowest BCUT2D eigenvalue weighted by Gasteiger charge is -2.13. The molecule has 0 spiro atoms. The number of hydrogen-bond acceptors (Lipinski definition) is 7. The van der Waals surface area contributed by atoms with Crippen LogP contribution in [0.15, 0.2) is 62.8 Å². The Morgan fingerprint density at radius 1 is 1.27 bits per heavy atom. The second kappa shape index (κ2) is 7.03. The zero-order chi connectivity index (χ0) is 20.8. The highest BCUT2D eigenvalue weighted by atomic mass is 32.2. The third-order valence-corrected chi connectivity index (χ3v) is 6.14. The predicted octanol–water partition coefficient (Wildman–Crippen LogP) is 4.70. The van der Waals surface area contributed by atoms with Crippen molar-refractivity contribution in [2.24, 2.45) is 4.99 Å². The van der Waals surface area contributed by atoms with E-state index in [2.05, 4.69) is 15.2 Å². The highest BCUT2D eigenvalue weighted by Crippen LogP contribution is 2.43. The number of amides is 1. The molecule has 0 aliphatic carbocycles. The van der Waals surface area contributed by atoms with Gasteiger partial charge in [0.05, 0.1) is 28.3 Å². The first-order valence-electron chi connectivity index (χ1n) is 9.31. The van der Waals surface area contributed by atoms with Crippen LogP contribution >= 0.6 is 11.8 Å². The predicted molar refractivity (Wildman–Crippen MR) is 115 cm³/mol. The van der Waals surface area contributed by atoms with Crippen molar-refractivity contribution >= 4 is 39.9 Å². The number of aliphatic imine (C=N–C) groups is 1. The minimum Gasteiger partial charge on any atom is -0.460 e. The molecule has 2 aromatic carbocycles. The van der Waals surface area contributed by atoms with E-state index in [9.17, 15) is 14.9 Å². The molecule has 9 heteroatoms. The minimum absolute atomic E-state index is 0.0718. The van der Waals surface area contributed by atoms with E-state index in [4.69, 9.17) is 4.42 Å². The number of benzene rings is 2. The van der Waals surface area contributed by atoms with Crippen LogP contribution in [0.2, 0.25) is 0 Å². The zero-order valence-corrected chi connectivity index (χ0v) is 16.7. The molecule has 3 heterocycles. The minimum atomic E-state index is -0.467. The topological polar surface area (TPSA) is 101 Å². The molecule has 1 N–H and O–H groups in total. The largest absolute Gasteiger partial charge is 0.460 e. The number of aryl methyl sites for hydroxylation is 1. The smallest absolute Gasteiger partial charge is 0.280 e. The van der Waals surface area contributed by atoms with Crippen molar-refractivity contribution in [2.75, 3.05) is 23.3 Å². The Balaban J connectivity index is 1.42. The van der Waals surface area contributed by atoms with Crippen molar-refractivity contribution in [1.29, 1.82) is 0 Å². The summed E-state index contributed by atoms with van der Waals surface area (Å²) in [6.07, 6.45) is 0. The van der Waals surface area contributed by atoms with Gasteiger partial charge in [0.1, 0.15) is 11.5 Å². The summed E-state index contributed by atoms with van der Waals surface area (Å²) in [7, 11) is 0. The fourth-order valence-corrected chi connectivity index (χ4v) is 4.67. The summed E-state index contributed by atoms with van der Waals surface area (Å²) in [5.74, 6) is 0.349. The van der Waals surface area contributed by atoms with Crippen LogP contribution in [0.25, 0.3) is 11.3 Å². The maximum Gasteiger partial charge on any atom is 0.280 e. The van der Waals surface area contributed by atoms with Crippen molar-refractivity contribution in [3.8, 4) is 11.3 Å². The zero-order valence-electron chi connectivity index (χ0n) is 15.9. The number of nitrogens with zero attached hydrogens (tertiary/aromatic N) is 3. The molecule has 2 aliphatic rings. The molecule has 30 heavy (non-hydrogen) atoms. The fourth-order valence-electron chi connectivity index (χ4n) is 3.61. The molecule has 5 rings (SSSR count). The third-order valence-electron chi connectivity index (χ3n) is 5.04. The van der Waals surface area contributed by atoms with E-state index < -0.39 is 4.92 Å². The molecule has 3 aromatic rings. The lowest BCUT2D eigenvalue weighted by atomic mass is 10.1. The van der Waals surface area contributed by atoms with Crippen LogP contribution in [0.3, 0.4) is 0 Å². The van der Waals surface area contributed by atoms with Crippen LogP contribution in [0.5, 0.6) is 0 Å². The van der Waals surface area contributed by atoms with Gasteiger partial charge in [-0.2, -0.15) is 0 Å². The number of nitro groups is 1. The average Bonchev–Trinajstić information content (AvgIpc) is 3.42. The number of thioether (sulfide) groups is 1. The number of fused-ring (bicyclic) bond motifs is 3. The van der Waals surface area contributed by atoms with Crippen LogP contribution in [0.4, 0.5) is 17.1 Å². The van der Waals surface area contributed by atoms with Gasteiger partial charge in [-0.1, -0.05) is 12.1 Å². The average molecular weight is 420 g/mol. The Bertz CT molecular complexity index is 1230. The maximum atomic E-state index is 12.9. The summed E-state index contributed by atoms with van der Waals surface area (Å²) in [5, 5.41) is 15.2. The molecule has 0 bridgehead atoms. The van der Waals surface area contributed by atoms with Gasteiger partial charge in [0.15, 0.2) is 5.17 Å². The number of carbonyl (C=O) groups is 1. The summed E-state index contributed by atoms with van der Waals surface area (Å²) in [6.45, 7) is 3.28. The number of anilines is 2. The summed E-state index contributed by atoms with van der Waals surface area (Å²) in [5.41, 5.74) is 2.30. The molecule has 1 aromatic heterocycles. The summed E-state index contributed by atoms with van der Waals surface area (Å²) < 4.78 is 5.69. The van der Waals surface area contributed by atoms with E-state index in [0.29, 0.717) is 22.6 Å². The first kappa shape index (κ1) is 18.4. The van der Waals surface area contributed by atoms with Crippen LogP contribution < -0.4 is 10.2 Å². The van der Waals surface area contributed by atoms with E-state index in [1.807, 2.05) is 18.2 Å². The normalized spacial score (nSPS) is 14.3. The van der Waals surface area contributed by atoms with E-state index in [1.54, 1.807) is 43.0 Å².